The van der Waals surface area contributed by atoms with Gasteiger partial charge in [0.1, 0.15) is 0 Å². The molecule has 32 heavy (non-hydrogen) atoms. The van der Waals surface area contributed by atoms with Crippen molar-refractivity contribution in [1.29, 1.82) is 0 Å². The van der Waals surface area contributed by atoms with Crippen LogP contribution in [0.15, 0.2) is 11.1 Å². The van der Waals surface area contributed by atoms with Crippen LogP contribution < -0.4 is 0 Å². The molecule has 188 valence electrons. The third-order valence-corrected chi connectivity index (χ3v) is 6.73. The zero-order chi connectivity index (χ0) is 24.2. The monoisotopic (exact) mass is 452 g/mol. The van der Waals surface area contributed by atoms with E-state index in [-0.39, 0.29) is 11.1 Å². The van der Waals surface area contributed by atoms with E-state index in [0.717, 1.165) is 38.5 Å². The van der Waals surface area contributed by atoms with Crippen LogP contribution in [0.1, 0.15) is 143 Å². The molecule has 0 heterocycles. The summed E-state index contributed by atoms with van der Waals surface area (Å²) in [6.07, 6.45) is 19.1. The third-order valence-electron chi connectivity index (χ3n) is 6.73. The van der Waals surface area contributed by atoms with Crippen molar-refractivity contribution >= 4 is 11.9 Å². The molecule has 2 atom stereocenters. The molecule has 0 aromatic rings. The highest BCUT2D eigenvalue weighted by Crippen LogP contribution is 2.23. The summed E-state index contributed by atoms with van der Waals surface area (Å²) >= 11 is 0. The highest BCUT2D eigenvalue weighted by Gasteiger charge is 2.19. The Morgan fingerprint density at radius 1 is 0.531 bits per heavy atom. The van der Waals surface area contributed by atoms with Crippen LogP contribution in [0.25, 0.3) is 0 Å². The van der Waals surface area contributed by atoms with Crippen molar-refractivity contribution in [3.63, 3.8) is 0 Å². The summed E-state index contributed by atoms with van der Waals surface area (Å²) in [4.78, 5) is 23.5. The Balaban J connectivity index is 4.42. The summed E-state index contributed by atoms with van der Waals surface area (Å²) in [5.41, 5.74) is 0.251. The maximum absolute atomic E-state index is 11.8. The van der Waals surface area contributed by atoms with E-state index in [0.29, 0.717) is 24.7 Å². The molecule has 0 aliphatic heterocycles. The van der Waals surface area contributed by atoms with Gasteiger partial charge in [0.05, 0.1) is 0 Å². The lowest BCUT2D eigenvalue weighted by atomic mass is 9.92. The Bertz CT molecular complexity index is 478. The van der Waals surface area contributed by atoms with Gasteiger partial charge in [-0.25, -0.2) is 9.59 Å². The molecule has 0 aromatic heterocycles. The zero-order valence-corrected chi connectivity index (χ0v) is 21.6. The minimum Gasteiger partial charge on any atom is -0.478 e. The first-order valence-corrected chi connectivity index (χ1v) is 13.5. The second-order valence-corrected chi connectivity index (χ2v) is 9.97. The van der Waals surface area contributed by atoms with Crippen LogP contribution in [0, 0.1) is 11.8 Å². The van der Waals surface area contributed by atoms with Gasteiger partial charge in [-0.1, -0.05) is 118 Å². The van der Waals surface area contributed by atoms with E-state index in [1.165, 1.54) is 64.2 Å². The molecule has 0 saturated heterocycles. The Hall–Kier alpha value is -1.32. The van der Waals surface area contributed by atoms with Gasteiger partial charge in [-0.3, -0.25) is 0 Å². The minimum absolute atomic E-state index is 0.126. The van der Waals surface area contributed by atoms with E-state index in [1.54, 1.807) is 0 Å². The molecule has 0 aliphatic carbocycles. The summed E-state index contributed by atoms with van der Waals surface area (Å²) in [7, 11) is 0. The van der Waals surface area contributed by atoms with Crippen LogP contribution in [-0.4, -0.2) is 22.2 Å². The molecule has 0 aromatic carbocycles. The van der Waals surface area contributed by atoms with Crippen LogP contribution in [-0.2, 0) is 9.59 Å². The third kappa shape index (κ3) is 16.3. The SMILES string of the molecule is CCCCCCC(C)CCCCC(C(=O)O)=C(CCCCC(C)CCCCCC)C(=O)O. The first-order valence-electron chi connectivity index (χ1n) is 13.5. The van der Waals surface area contributed by atoms with Gasteiger partial charge in [0.2, 0.25) is 0 Å². The molecule has 0 bridgehead atoms. The predicted molar refractivity (Wildman–Crippen MR) is 135 cm³/mol. The van der Waals surface area contributed by atoms with Crippen molar-refractivity contribution in [2.75, 3.05) is 0 Å². The van der Waals surface area contributed by atoms with Crippen LogP contribution in [0.2, 0.25) is 0 Å². The van der Waals surface area contributed by atoms with Crippen molar-refractivity contribution in [2.24, 2.45) is 11.8 Å². The minimum atomic E-state index is -1.06. The van der Waals surface area contributed by atoms with E-state index < -0.39 is 11.9 Å². The molecule has 2 N–H and O–H groups in total. The number of carboxylic acids is 2. The summed E-state index contributed by atoms with van der Waals surface area (Å²) < 4.78 is 0. The van der Waals surface area contributed by atoms with Crippen molar-refractivity contribution in [3.05, 3.63) is 11.1 Å². The van der Waals surface area contributed by atoms with E-state index in [9.17, 15) is 19.8 Å². The lowest BCUT2D eigenvalue weighted by Gasteiger charge is -2.13. The van der Waals surface area contributed by atoms with Gasteiger partial charge in [0.15, 0.2) is 0 Å². The highest BCUT2D eigenvalue weighted by molar-refractivity contribution is 5.98. The number of carboxylic acid groups (broad SMARTS) is 2. The molecule has 0 radical (unpaired) electrons. The van der Waals surface area contributed by atoms with Crippen molar-refractivity contribution in [2.45, 2.75) is 143 Å². The first kappa shape index (κ1) is 30.7. The van der Waals surface area contributed by atoms with Gasteiger partial charge in [0, 0.05) is 11.1 Å². The zero-order valence-electron chi connectivity index (χ0n) is 21.6. The maximum Gasteiger partial charge on any atom is 0.332 e. The number of hydrogen-bond acceptors (Lipinski definition) is 2. The largest absolute Gasteiger partial charge is 0.478 e. The highest BCUT2D eigenvalue weighted by atomic mass is 16.4. The van der Waals surface area contributed by atoms with Gasteiger partial charge in [0.25, 0.3) is 0 Å². The molecule has 2 unspecified atom stereocenters. The average molecular weight is 453 g/mol. The summed E-state index contributed by atoms with van der Waals surface area (Å²) in [6.45, 7) is 8.98. The Morgan fingerprint density at radius 3 is 1.12 bits per heavy atom. The Kier molecular flexibility index (Phi) is 19.5. The number of rotatable bonds is 22. The maximum atomic E-state index is 11.8. The fourth-order valence-corrected chi connectivity index (χ4v) is 4.49. The van der Waals surface area contributed by atoms with Crippen molar-refractivity contribution in [3.8, 4) is 0 Å². The molecule has 0 aliphatic rings. The van der Waals surface area contributed by atoms with Crippen molar-refractivity contribution < 1.29 is 19.8 Å². The molecular formula is C28H52O4. The standard InChI is InChI=1S/C28H52O4/c1-5-7-9-11-17-23(3)19-13-15-21-25(27(29)30)26(28(31)32)22-16-14-20-24(4)18-12-10-8-6-2/h23-24H,5-22H2,1-4H3,(H,29,30)(H,31,32). The average Bonchev–Trinajstić information content (AvgIpc) is 2.74. The van der Waals surface area contributed by atoms with Gasteiger partial charge in [-0.15, -0.1) is 0 Å². The van der Waals surface area contributed by atoms with Gasteiger partial charge >= 0.3 is 11.9 Å². The fourth-order valence-electron chi connectivity index (χ4n) is 4.49. The van der Waals surface area contributed by atoms with Crippen LogP contribution in [0.3, 0.4) is 0 Å². The van der Waals surface area contributed by atoms with E-state index in [1.807, 2.05) is 0 Å². The normalized spacial score (nSPS) is 14.1. The quantitative estimate of drug-likeness (QED) is 0.127. The molecule has 4 heteroatoms. The molecule has 0 saturated carbocycles. The Labute approximate surface area is 198 Å². The van der Waals surface area contributed by atoms with Gasteiger partial charge in [-0.05, 0) is 37.5 Å². The summed E-state index contributed by atoms with van der Waals surface area (Å²) in [5, 5.41) is 19.3. The number of unbranched alkanes of at least 4 members (excludes halogenated alkanes) is 8. The lowest BCUT2D eigenvalue weighted by molar-refractivity contribution is -0.136. The predicted octanol–water partition coefficient (Wildman–Crippen LogP) is 8.79. The molecule has 0 rings (SSSR count). The van der Waals surface area contributed by atoms with E-state index >= 15 is 0 Å². The fraction of sp³-hybridized carbons (Fsp3) is 0.857. The number of carbonyl (C=O) groups is 2. The summed E-state index contributed by atoms with van der Waals surface area (Å²) in [5.74, 6) is -0.794. The van der Waals surface area contributed by atoms with Crippen LogP contribution in [0.4, 0.5) is 0 Å². The molecule has 0 spiro atoms. The number of hydrogen-bond donors (Lipinski definition) is 2. The second-order valence-electron chi connectivity index (χ2n) is 9.97. The molecular weight excluding hydrogens is 400 g/mol. The second kappa shape index (κ2) is 20.3. The van der Waals surface area contributed by atoms with Crippen molar-refractivity contribution in [1.82, 2.24) is 0 Å². The van der Waals surface area contributed by atoms with Gasteiger partial charge < -0.3 is 10.2 Å². The Morgan fingerprint density at radius 2 is 0.844 bits per heavy atom. The molecule has 0 fully saturated rings. The first-order chi connectivity index (χ1) is 15.3. The smallest absolute Gasteiger partial charge is 0.332 e. The number of aliphatic carboxylic acids is 2. The summed E-state index contributed by atoms with van der Waals surface area (Å²) in [6, 6.07) is 0. The lowest BCUT2D eigenvalue weighted by Crippen LogP contribution is -2.12. The van der Waals surface area contributed by atoms with E-state index in [2.05, 4.69) is 27.7 Å². The van der Waals surface area contributed by atoms with E-state index in [4.69, 9.17) is 0 Å². The van der Waals surface area contributed by atoms with Crippen LogP contribution >= 0.6 is 0 Å². The van der Waals surface area contributed by atoms with Gasteiger partial charge in [-0.2, -0.15) is 0 Å². The van der Waals surface area contributed by atoms with Crippen LogP contribution in [0.5, 0.6) is 0 Å². The molecule has 0 amide bonds. The topological polar surface area (TPSA) is 74.6 Å². The molecule has 4 nitrogen and oxygen atoms in total.